The monoisotopic (exact) mass is 229 g/mol. The van der Waals surface area contributed by atoms with Crippen LogP contribution in [0.1, 0.15) is 17.3 Å². The molecule has 1 rings (SSSR count). The Labute approximate surface area is 87.4 Å². The molecule has 0 aliphatic carbocycles. The zero-order chi connectivity index (χ0) is 11.6. The Hall–Kier alpha value is -1.56. The molecule has 0 spiro atoms. The normalized spacial score (nSPS) is 11.3. The Morgan fingerprint density at radius 2 is 2.07 bits per heavy atom. The van der Waals surface area contributed by atoms with Crippen LogP contribution in [0.2, 0.25) is 0 Å². The van der Waals surface area contributed by atoms with E-state index in [0.29, 0.717) is 0 Å². The van der Waals surface area contributed by atoms with E-state index in [0.717, 1.165) is 0 Å². The van der Waals surface area contributed by atoms with Gasteiger partial charge in [0.25, 0.3) is 0 Å². The number of hydrogen-bond acceptors (Lipinski definition) is 4. The van der Waals surface area contributed by atoms with Crippen molar-refractivity contribution in [2.24, 2.45) is 0 Å². The maximum Gasteiger partial charge on any atom is 0.337 e. The average molecular weight is 229 g/mol. The molecule has 1 aromatic carbocycles. The molecular weight excluding hydrogens is 218 g/mol. The molecule has 0 saturated heterocycles. The minimum atomic E-state index is -3.34. The Morgan fingerprint density at radius 3 is 2.47 bits per heavy atom. The third-order valence-electron chi connectivity index (χ3n) is 1.99. The molecule has 0 aliphatic heterocycles. The molecule has 0 saturated carbocycles. The first-order valence-electron chi connectivity index (χ1n) is 4.24. The maximum absolute atomic E-state index is 11.4. The second-order valence-corrected chi connectivity index (χ2v) is 5.24. The van der Waals surface area contributed by atoms with E-state index in [9.17, 15) is 13.2 Å². The molecule has 0 atom stereocenters. The topological polar surface area (TPSA) is 97.5 Å². The summed E-state index contributed by atoms with van der Waals surface area (Å²) in [6, 6.07) is 3.61. The predicted molar refractivity (Wildman–Crippen MR) is 55.5 cm³/mol. The number of carboxylic acids is 1. The van der Waals surface area contributed by atoms with Gasteiger partial charge in [0.15, 0.2) is 9.84 Å². The van der Waals surface area contributed by atoms with E-state index in [1.165, 1.54) is 25.1 Å². The number of hydrogen-bond donors (Lipinski definition) is 2. The highest BCUT2D eigenvalue weighted by atomic mass is 32.2. The van der Waals surface area contributed by atoms with Crippen LogP contribution in [-0.2, 0) is 9.84 Å². The van der Waals surface area contributed by atoms with Crippen molar-refractivity contribution in [3.63, 3.8) is 0 Å². The number of benzene rings is 1. The predicted octanol–water partition coefficient (Wildman–Crippen LogP) is 0.761. The molecule has 0 fully saturated rings. The van der Waals surface area contributed by atoms with Crippen LogP contribution in [-0.4, -0.2) is 25.2 Å². The third kappa shape index (κ3) is 2.27. The van der Waals surface area contributed by atoms with Crippen LogP contribution in [0.15, 0.2) is 23.1 Å². The SMILES string of the molecule is CCS(=O)(=O)c1ccc(C(=O)O)c(N)c1. The summed E-state index contributed by atoms with van der Waals surface area (Å²) >= 11 is 0. The summed E-state index contributed by atoms with van der Waals surface area (Å²) in [7, 11) is -3.34. The fourth-order valence-corrected chi connectivity index (χ4v) is 2.01. The molecule has 0 aliphatic rings. The lowest BCUT2D eigenvalue weighted by Gasteiger charge is -2.04. The smallest absolute Gasteiger partial charge is 0.337 e. The standard InChI is InChI=1S/C9H11NO4S/c1-2-15(13,14)6-3-4-7(9(11)12)8(10)5-6/h3-5H,2,10H2,1H3,(H,11,12). The van der Waals surface area contributed by atoms with E-state index in [4.69, 9.17) is 10.8 Å². The van der Waals surface area contributed by atoms with Gasteiger partial charge in [0.05, 0.1) is 16.2 Å². The molecule has 0 amide bonds. The van der Waals surface area contributed by atoms with Crippen molar-refractivity contribution in [1.82, 2.24) is 0 Å². The quantitative estimate of drug-likeness (QED) is 0.746. The number of nitrogen functional groups attached to an aromatic ring is 1. The van der Waals surface area contributed by atoms with Gasteiger partial charge < -0.3 is 10.8 Å². The van der Waals surface area contributed by atoms with E-state index in [-0.39, 0.29) is 21.9 Å². The summed E-state index contributed by atoms with van der Waals surface area (Å²) in [4.78, 5) is 10.7. The molecule has 6 heteroatoms. The zero-order valence-corrected chi connectivity index (χ0v) is 8.91. The molecule has 15 heavy (non-hydrogen) atoms. The number of nitrogens with two attached hydrogens (primary N) is 1. The number of rotatable bonds is 3. The molecule has 0 heterocycles. The van der Waals surface area contributed by atoms with Gasteiger partial charge >= 0.3 is 5.97 Å². The Balaban J connectivity index is 3.30. The van der Waals surface area contributed by atoms with Crippen molar-refractivity contribution in [3.8, 4) is 0 Å². The molecular formula is C9H11NO4S. The van der Waals surface area contributed by atoms with Crippen molar-refractivity contribution in [2.45, 2.75) is 11.8 Å². The fourth-order valence-electron chi connectivity index (χ4n) is 1.10. The van der Waals surface area contributed by atoms with Crippen LogP contribution in [0.3, 0.4) is 0 Å². The van der Waals surface area contributed by atoms with E-state index in [1.54, 1.807) is 0 Å². The summed E-state index contributed by atoms with van der Waals surface area (Å²) < 4.78 is 22.9. The van der Waals surface area contributed by atoms with Crippen LogP contribution in [0.25, 0.3) is 0 Å². The summed E-state index contributed by atoms with van der Waals surface area (Å²) in [5, 5.41) is 8.69. The van der Waals surface area contributed by atoms with Crippen molar-refractivity contribution in [3.05, 3.63) is 23.8 Å². The molecule has 0 bridgehead atoms. The van der Waals surface area contributed by atoms with Crippen LogP contribution < -0.4 is 5.73 Å². The number of aromatic carboxylic acids is 1. The Bertz CT molecular complexity index is 493. The largest absolute Gasteiger partial charge is 0.478 e. The van der Waals surface area contributed by atoms with Gasteiger partial charge in [-0.3, -0.25) is 0 Å². The van der Waals surface area contributed by atoms with Gasteiger partial charge in [0.2, 0.25) is 0 Å². The van der Waals surface area contributed by atoms with E-state index >= 15 is 0 Å². The van der Waals surface area contributed by atoms with Gasteiger partial charge in [0.1, 0.15) is 0 Å². The van der Waals surface area contributed by atoms with Crippen LogP contribution in [0.5, 0.6) is 0 Å². The second kappa shape index (κ2) is 3.90. The highest BCUT2D eigenvalue weighted by Crippen LogP contribution is 2.18. The van der Waals surface area contributed by atoms with E-state index < -0.39 is 15.8 Å². The molecule has 82 valence electrons. The van der Waals surface area contributed by atoms with Gasteiger partial charge in [-0.05, 0) is 18.2 Å². The van der Waals surface area contributed by atoms with Gasteiger partial charge in [-0.15, -0.1) is 0 Å². The maximum atomic E-state index is 11.4. The number of sulfone groups is 1. The summed E-state index contributed by atoms with van der Waals surface area (Å²) in [6.45, 7) is 1.51. The highest BCUT2D eigenvalue weighted by Gasteiger charge is 2.15. The fraction of sp³-hybridized carbons (Fsp3) is 0.222. The van der Waals surface area contributed by atoms with E-state index in [1.807, 2.05) is 0 Å². The Kier molecular flexibility index (Phi) is 2.99. The molecule has 0 aromatic heterocycles. The molecule has 3 N–H and O–H groups in total. The summed E-state index contributed by atoms with van der Waals surface area (Å²) in [6.07, 6.45) is 0. The first-order chi connectivity index (χ1) is 6.88. The van der Waals surface area contributed by atoms with Gasteiger partial charge in [-0.2, -0.15) is 0 Å². The summed E-state index contributed by atoms with van der Waals surface area (Å²) in [5.74, 6) is -1.22. The minimum absolute atomic E-state index is 0.0428. The molecule has 5 nitrogen and oxygen atoms in total. The number of carboxylic acid groups (broad SMARTS) is 1. The minimum Gasteiger partial charge on any atom is -0.478 e. The van der Waals surface area contributed by atoms with Crippen molar-refractivity contribution in [1.29, 1.82) is 0 Å². The van der Waals surface area contributed by atoms with Crippen molar-refractivity contribution >= 4 is 21.5 Å². The van der Waals surface area contributed by atoms with Crippen LogP contribution in [0.4, 0.5) is 5.69 Å². The van der Waals surface area contributed by atoms with Crippen molar-refractivity contribution < 1.29 is 18.3 Å². The highest BCUT2D eigenvalue weighted by molar-refractivity contribution is 7.91. The lowest BCUT2D eigenvalue weighted by molar-refractivity contribution is 0.0698. The van der Waals surface area contributed by atoms with Crippen LogP contribution >= 0.6 is 0 Å². The third-order valence-corrected chi connectivity index (χ3v) is 3.72. The lowest BCUT2D eigenvalue weighted by Crippen LogP contribution is -2.07. The second-order valence-electron chi connectivity index (χ2n) is 2.96. The van der Waals surface area contributed by atoms with Gasteiger partial charge in [-0.1, -0.05) is 6.92 Å². The lowest BCUT2D eigenvalue weighted by atomic mass is 10.2. The van der Waals surface area contributed by atoms with Gasteiger partial charge in [0, 0.05) is 5.69 Å². The van der Waals surface area contributed by atoms with Crippen LogP contribution in [0, 0.1) is 0 Å². The van der Waals surface area contributed by atoms with E-state index in [2.05, 4.69) is 0 Å². The number of carbonyl (C=O) groups is 1. The average Bonchev–Trinajstić information content (AvgIpc) is 2.17. The molecule has 0 unspecified atom stereocenters. The Morgan fingerprint density at radius 1 is 1.47 bits per heavy atom. The number of anilines is 1. The first kappa shape index (κ1) is 11.5. The van der Waals surface area contributed by atoms with Gasteiger partial charge in [-0.25, -0.2) is 13.2 Å². The van der Waals surface area contributed by atoms with Crippen molar-refractivity contribution in [2.75, 3.05) is 11.5 Å². The first-order valence-corrected chi connectivity index (χ1v) is 5.89. The summed E-state index contributed by atoms with van der Waals surface area (Å²) in [5.41, 5.74) is 5.29. The molecule has 1 aromatic rings. The molecule has 0 radical (unpaired) electrons. The zero-order valence-electron chi connectivity index (χ0n) is 8.10.